The number of likely N-dealkylation sites (tertiary alicyclic amines) is 1. The Balaban J connectivity index is 1.49. The minimum atomic E-state index is -0.907. The number of piperidine rings is 1. The van der Waals surface area contributed by atoms with E-state index in [4.69, 9.17) is 0 Å². The van der Waals surface area contributed by atoms with Gasteiger partial charge in [0.25, 0.3) is 5.91 Å². The second-order valence-corrected chi connectivity index (χ2v) is 6.74. The van der Waals surface area contributed by atoms with Crippen molar-refractivity contribution in [2.45, 2.75) is 49.7 Å². The Morgan fingerprint density at radius 1 is 1.29 bits per heavy atom. The van der Waals surface area contributed by atoms with Crippen molar-refractivity contribution < 1.29 is 14.4 Å². The highest BCUT2D eigenvalue weighted by atomic mass is 16.2. The summed E-state index contributed by atoms with van der Waals surface area (Å²) in [6.07, 6.45) is 4.48. The van der Waals surface area contributed by atoms with E-state index >= 15 is 0 Å². The number of rotatable bonds is 1. The van der Waals surface area contributed by atoms with Gasteiger partial charge >= 0.3 is 6.03 Å². The maximum Gasteiger partial charge on any atom is 0.322 e. The molecule has 0 saturated carbocycles. The first-order valence-corrected chi connectivity index (χ1v) is 7.76. The lowest BCUT2D eigenvalue weighted by atomic mass is 9.85. The van der Waals surface area contributed by atoms with E-state index in [9.17, 15) is 14.4 Å². The summed E-state index contributed by atoms with van der Waals surface area (Å²) in [5, 5.41) is 8.49. The van der Waals surface area contributed by atoms with E-state index < -0.39 is 11.6 Å². The zero-order chi connectivity index (χ0) is 14.6. The Hall–Kier alpha value is -1.63. The Kier molecular flexibility index (Phi) is 2.76. The predicted molar refractivity (Wildman–Crippen MR) is 73.3 cm³/mol. The molecule has 4 atom stereocenters. The molecule has 1 spiro atoms. The lowest BCUT2D eigenvalue weighted by Gasteiger charge is -2.39. The third kappa shape index (κ3) is 1.94. The molecule has 114 valence electrons. The number of carbonyl (C=O) groups is 3. The molecule has 4 rings (SSSR count). The largest absolute Gasteiger partial charge is 0.340 e. The van der Waals surface area contributed by atoms with Crippen LogP contribution in [0.1, 0.15) is 32.1 Å². The highest BCUT2D eigenvalue weighted by molar-refractivity contribution is 6.07. The molecule has 4 saturated heterocycles. The van der Waals surface area contributed by atoms with E-state index in [-0.39, 0.29) is 17.7 Å². The van der Waals surface area contributed by atoms with Gasteiger partial charge in [0.2, 0.25) is 5.91 Å². The van der Waals surface area contributed by atoms with Crippen molar-refractivity contribution in [2.24, 2.45) is 5.92 Å². The molecule has 0 aromatic heterocycles. The number of imide groups is 1. The third-order valence-electron chi connectivity index (χ3n) is 5.44. The summed E-state index contributed by atoms with van der Waals surface area (Å²) in [4.78, 5) is 38.0. The average Bonchev–Trinajstić information content (AvgIpc) is 3.14. The monoisotopic (exact) mass is 292 g/mol. The summed E-state index contributed by atoms with van der Waals surface area (Å²) < 4.78 is 0. The second kappa shape index (κ2) is 4.43. The molecular weight excluding hydrogens is 272 g/mol. The van der Waals surface area contributed by atoms with E-state index in [1.165, 1.54) is 0 Å². The average molecular weight is 292 g/mol. The van der Waals surface area contributed by atoms with Crippen LogP contribution in [0.2, 0.25) is 0 Å². The van der Waals surface area contributed by atoms with Crippen LogP contribution in [0.25, 0.3) is 0 Å². The van der Waals surface area contributed by atoms with Crippen LogP contribution in [0.4, 0.5) is 4.79 Å². The molecule has 3 N–H and O–H groups in total. The molecular formula is C14H20N4O3. The van der Waals surface area contributed by atoms with Crippen LogP contribution in [0, 0.1) is 5.92 Å². The molecule has 7 nitrogen and oxygen atoms in total. The van der Waals surface area contributed by atoms with Crippen LogP contribution < -0.4 is 16.0 Å². The molecule has 4 amide bonds. The first-order chi connectivity index (χ1) is 10.1. The van der Waals surface area contributed by atoms with Gasteiger partial charge in [-0.3, -0.25) is 14.9 Å². The van der Waals surface area contributed by atoms with E-state index in [1.807, 2.05) is 0 Å². The Morgan fingerprint density at radius 2 is 2.14 bits per heavy atom. The standard InChI is InChI=1S/C14H20N4O3/c19-11(9-6-8-2-3-10(9)15-8)18-5-1-4-14(7-18)12(20)16-13(21)17-14/h8-10,15H,1-7H2,(H2,16,17,20,21). The van der Waals surface area contributed by atoms with Crippen molar-refractivity contribution in [1.29, 1.82) is 0 Å². The van der Waals surface area contributed by atoms with Crippen molar-refractivity contribution in [3.05, 3.63) is 0 Å². The third-order valence-corrected chi connectivity index (χ3v) is 5.44. The molecule has 0 radical (unpaired) electrons. The molecule has 4 unspecified atom stereocenters. The maximum atomic E-state index is 12.8. The van der Waals surface area contributed by atoms with Gasteiger partial charge in [0.15, 0.2) is 0 Å². The van der Waals surface area contributed by atoms with Crippen LogP contribution in [0.3, 0.4) is 0 Å². The normalized spacial score (nSPS) is 41.5. The fraction of sp³-hybridized carbons (Fsp3) is 0.786. The SMILES string of the molecule is O=C1NC(=O)C2(CCCN(C(=O)C3CC4CCC3N4)C2)N1. The van der Waals surface area contributed by atoms with Crippen molar-refractivity contribution in [2.75, 3.05) is 13.1 Å². The van der Waals surface area contributed by atoms with Crippen molar-refractivity contribution in [1.82, 2.24) is 20.9 Å². The minimum Gasteiger partial charge on any atom is -0.340 e. The van der Waals surface area contributed by atoms with Gasteiger partial charge in [-0.15, -0.1) is 0 Å². The van der Waals surface area contributed by atoms with Gasteiger partial charge in [0, 0.05) is 18.6 Å². The number of hydrogen-bond acceptors (Lipinski definition) is 4. The summed E-state index contributed by atoms with van der Waals surface area (Å²) >= 11 is 0. The van der Waals surface area contributed by atoms with E-state index in [0.717, 1.165) is 25.7 Å². The zero-order valence-electron chi connectivity index (χ0n) is 11.9. The van der Waals surface area contributed by atoms with E-state index in [0.29, 0.717) is 31.6 Å². The van der Waals surface area contributed by atoms with Crippen LogP contribution >= 0.6 is 0 Å². The molecule has 0 aromatic carbocycles. The second-order valence-electron chi connectivity index (χ2n) is 6.74. The quantitative estimate of drug-likeness (QED) is 0.559. The van der Waals surface area contributed by atoms with Crippen LogP contribution in [0.15, 0.2) is 0 Å². The molecule has 0 aromatic rings. The lowest BCUT2D eigenvalue weighted by molar-refractivity contribution is -0.140. The lowest BCUT2D eigenvalue weighted by Crippen LogP contribution is -2.60. The molecule has 7 heteroatoms. The highest BCUT2D eigenvalue weighted by Crippen LogP contribution is 2.35. The van der Waals surface area contributed by atoms with Crippen molar-refractivity contribution in [3.63, 3.8) is 0 Å². The fourth-order valence-corrected chi connectivity index (χ4v) is 4.39. The first kappa shape index (κ1) is 13.1. The van der Waals surface area contributed by atoms with Gasteiger partial charge in [-0.25, -0.2) is 4.79 Å². The number of nitrogens with zero attached hydrogens (tertiary/aromatic N) is 1. The van der Waals surface area contributed by atoms with Crippen molar-refractivity contribution in [3.8, 4) is 0 Å². The number of hydrogen-bond donors (Lipinski definition) is 3. The Bertz CT molecular complexity index is 522. The summed E-state index contributed by atoms with van der Waals surface area (Å²) in [6, 6.07) is 0.334. The first-order valence-electron chi connectivity index (χ1n) is 7.76. The van der Waals surface area contributed by atoms with Crippen LogP contribution in [-0.4, -0.2) is 53.5 Å². The number of carbonyl (C=O) groups excluding carboxylic acids is 3. The van der Waals surface area contributed by atoms with Gasteiger partial charge < -0.3 is 15.5 Å². The molecule has 2 bridgehead atoms. The Morgan fingerprint density at radius 3 is 2.76 bits per heavy atom. The van der Waals surface area contributed by atoms with Gasteiger partial charge in [-0.05, 0) is 32.1 Å². The molecule has 0 aliphatic carbocycles. The van der Waals surface area contributed by atoms with Gasteiger partial charge in [0.05, 0.1) is 12.5 Å². The summed E-state index contributed by atoms with van der Waals surface area (Å²) in [6.45, 7) is 0.981. The van der Waals surface area contributed by atoms with Gasteiger partial charge in [-0.2, -0.15) is 0 Å². The fourth-order valence-electron chi connectivity index (χ4n) is 4.39. The maximum absolute atomic E-state index is 12.8. The predicted octanol–water partition coefficient (Wildman–Crippen LogP) is -0.672. The Labute approximate surface area is 122 Å². The van der Waals surface area contributed by atoms with Crippen molar-refractivity contribution >= 4 is 17.8 Å². The van der Waals surface area contributed by atoms with E-state index in [2.05, 4.69) is 16.0 Å². The summed E-state index contributed by atoms with van der Waals surface area (Å²) in [5.41, 5.74) is -0.907. The number of urea groups is 1. The number of amides is 4. The smallest absolute Gasteiger partial charge is 0.322 e. The molecule has 4 aliphatic heterocycles. The zero-order valence-corrected chi connectivity index (χ0v) is 11.9. The molecule has 4 aliphatic rings. The van der Waals surface area contributed by atoms with Gasteiger partial charge in [0.1, 0.15) is 5.54 Å². The number of nitrogens with one attached hydrogen (secondary N) is 3. The molecule has 21 heavy (non-hydrogen) atoms. The summed E-state index contributed by atoms with van der Waals surface area (Å²) in [7, 11) is 0. The summed E-state index contributed by atoms with van der Waals surface area (Å²) in [5.74, 6) is -0.113. The topological polar surface area (TPSA) is 90.5 Å². The molecule has 4 heterocycles. The minimum absolute atomic E-state index is 0.0408. The van der Waals surface area contributed by atoms with Crippen LogP contribution in [-0.2, 0) is 9.59 Å². The highest BCUT2D eigenvalue weighted by Gasteiger charge is 2.51. The number of fused-ring (bicyclic) bond motifs is 2. The molecule has 4 fully saturated rings. The van der Waals surface area contributed by atoms with Gasteiger partial charge in [-0.1, -0.05) is 0 Å². The van der Waals surface area contributed by atoms with E-state index in [1.54, 1.807) is 4.90 Å². The van der Waals surface area contributed by atoms with Crippen LogP contribution in [0.5, 0.6) is 0 Å².